The molecule has 9 heteroatoms. The van der Waals surface area contributed by atoms with Gasteiger partial charge in [-0.3, -0.25) is 4.79 Å². The van der Waals surface area contributed by atoms with Gasteiger partial charge in [0.25, 0.3) is 0 Å². The monoisotopic (exact) mass is 409 g/mol. The molecule has 0 atom stereocenters. The zero-order valence-corrected chi connectivity index (χ0v) is 17.9. The number of methoxy groups -OCH3 is 1. The van der Waals surface area contributed by atoms with Gasteiger partial charge < -0.3 is 14.5 Å². The highest BCUT2D eigenvalue weighted by Gasteiger charge is 2.23. The normalized spacial score (nSPS) is 14.4. The summed E-state index contributed by atoms with van der Waals surface area (Å²) >= 11 is 0. The van der Waals surface area contributed by atoms with Crippen molar-refractivity contribution < 1.29 is 9.53 Å². The van der Waals surface area contributed by atoms with Gasteiger partial charge in [0.05, 0.1) is 12.5 Å². The first-order valence-corrected chi connectivity index (χ1v) is 10.2. The Morgan fingerprint density at radius 3 is 2.50 bits per heavy atom. The summed E-state index contributed by atoms with van der Waals surface area (Å²) in [5, 5.41) is 5.31. The number of amides is 1. The number of piperazine rings is 1. The third-order valence-corrected chi connectivity index (χ3v) is 5.77. The Morgan fingerprint density at radius 2 is 1.83 bits per heavy atom. The number of hydrogen-bond donors (Lipinski definition) is 0. The first kappa shape index (κ1) is 20.1. The molecule has 0 unspecified atom stereocenters. The number of anilines is 1. The predicted molar refractivity (Wildman–Crippen MR) is 114 cm³/mol. The minimum atomic E-state index is 0.167. The van der Waals surface area contributed by atoms with Crippen molar-refractivity contribution in [3.63, 3.8) is 0 Å². The Morgan fingerprint density at radius 1 is 1.13 bits per heavy atom. The maximum Gasteiger partial charge on any atom is 0.242 e. The highest BCUT2D eigenvalue weighted by molar-refractivity contribution is 5.86. The quantitative estimate of drug-likeness (QED) is 0.633. The van der Waals surface area contributed by atoms with Crippen LogP contribution in [0, 0.1) is 13.8 Å². The third kappa shape index (κ3) is 3.67. The van der Waals surface area contributed by atoms with E-state index in [0.717, 1.165) is 46.9 Å². The molecule has 0 aliphatic carbocycles. The third-order valence-electron chi connectivity index (χ3n) is 5.77. The number of rotatable bonds is 5. The number of pyridine rings is 1. The zero-order chi connectivity index (χ0) is 21.3. The molecule has 0 N–H and O–H groups in total. The molecule has 1 saturated heterocycles. The van der Waals surface area contributed by atoms with Crippen LogP contribution >= 0.6 is 0 Å². The first-order valence-electron chi connectivity index (χ1n) is 10.2. The van der Waals surface area contributed by atoms with Crippen LogP contribution in [0.5, 0.6) is 5.88 Å². The molecule has 3 aromatic heterocycles. The summed E-state index contributed by atoms with van der Waals surface area (Å²) in [4.78, 5) is 30.2. The summed E-state index contributed by atoms with van der Waals surface area (Å²) in [5.74, 6) is 1.46. The molecule has 30 heavy (non-hydrogen) atoms. The number of fused-ring (bicyclic) bond motifs is 1. The summed E-state index contributed by atoms with van der Waals surface area (Å²) in [6, 6.07) is 1.81. The molecular formula is C21H27N7O2. The van der Waals surface area contributed by atoms with Crippen molar-refractivity contribution in [1.29, 1.82) is 0 Å². The van der Waals surface area contributed by atoms with E-state index < -0.39 is 0 Å². The van der Waals surface area contributed by atoms with E-state index in [0.29, 0.717) is 31.8 Å². The second-order valence-corrected chi connectivity index (χ2v) is 7.55. The van der Waals surface area contributed by atoms with Crippen molar-refractivity contribution in [2.24, 2.45) is 7.05 Å². The molecule has 0 saturated carbocycles. The van der Waals surface area contributed by atoms with Crippen molar-refractivity contribution in [2.75, 3.05) is 38.2 Å². The van der Waals surface area contributed by atoms with Crippen LogP contribution in [0.3, 0.4) is 0 Å². The standard InChI is InChI=1S/C21H27N7O2/c1-14-16(15(2)24-19-18(14)20(30-4)25-26(19)3)6-7-17(29)27-10-12-28(13-11-27)21-22-8-5-9-23-21/h5,8-9H,6-7,10-13H2,1-4H3. The summed E-state index contributed by atoms with van der Waals surface area (Å²) < 4.78 is 7.16. The van der Waals surface area contributed by atoms with Crippen molar-refractivity contribution in [2.45, 2.75) is 26.7 Å². The van der Waals surface area contributed by atoms with Gasteiger partial charge in [-0.2, -0.15) is 0 Å². The lowest BCUT2D eigenvalue weighted by Gasteiger charge is -2.34. The Bertz CT molecular complexity index is 1060. The van der Waals surface area contributed by atoms with Crippen molar-refractivity contribution >= 4 is 22.9 Å². The van der Waals surface area contributed by atoms with Gasteiger partial charge in [-0.1, -0.05) is 0 Å². The molecule has 0 aromatic carbocycles. The van der Waals surface area contributed by atoms with E-state index in [2.05, 4.69) is 26.9 Å². The average molecular weight is 409 g/mol. The van der Waals surface area contributed by atoms with Gasteiger partial charge in [-0.25, -0.2) is 19.6 Å². The Kier molecular flexibility index (Phi) is 5.52. The molecule has 1 aliphatic rings. The first-order chi connectivity index (χ1) is 14.5. The number of carbonyl (C=O) groups excluding carboxylic acids is 1. The van der Waals surface area contributed by atoms with Crippen molar-refractivity contribution in [3.8, 4) is 5.88 Å². The summed E-state index contributed by atoms with van der Waals surface area (Å²) in [6.07, 6.45) is 4.60. The maximum atomic E-state index is 12.8. The number of ether oxygens (including phenoxy) is 1. The van der Waals surface area contributed by atoms with E-state index in [1.807, 2.05) is 18.9 Å². The molecular weight excluding hydrogens is 382 g/mol. The fraction of sp³-hybridized carbons (Fsp3) is 0.476. The van der Waals surface area contributed by atoms with Gasteiger partial charge in [0.2, 0.25) is 17.7 Å². The molecule has 9 nitrogen and oxygen atoms in total. The van der Waals surface area contributed by atoms with Crippen LogP contribution in [-0.2, 0) is 18.3 Å². The number of aromatic nitrogens is 5. The molecule has 0 bridgehead atoms. The SMILES string of the molecule is COc1nn(C)c2nc(C)c(CCC(=O)N3CCN(c4ncccn4)CC3)c(C)c12. The number of nitrogens with zero attached hydrogens (tertiary/aromatic N) is 7. The Balaban J connectivity index is 1.42. The van der Waals surface area contributed by atoms with Crippen LogP contribution in [0.15, 0.2) is 18.5 Å². The fourth-order valence-corrected chi connectivity index (χ4v) is 4.11. The molecule has 158 valence electrons. The van der Waals surface area contributed by atoms with Gasteiger partial charge >= 0.3 is 0 Å². The summed E-state index contributed by atoms with van der Waals surface area (Å²) in [6.45, 7) is 6.90. The molecule has 3 aromatic rings. The fourth-order valence-electron chi connectivity index (χ4n) is 4.11. The predicted octanol–water partition coefficient (Wildman–Crippen LogP) is 1.67. The molecule has 0 radical (unpaired) electrons. The van der Waals surface area contributed by atoms with E-state index in [-0.39, 0.29) is 5.91 Å². The van der Waals surface area contributed by atoms with Crippen molar-refractivity contribution in [1.82, 2.24) is 29.6 Å². The lowest BCUT2D eigenvalue weighted by molar-refractivity contribution is -0.131. The van der Waals surface area contributed by atoms with E-state index in [1.54, 1.807) is 30.3 Å². The maximum absolute atomic E-state index is 12.8. The van der Waals surface area contributed by atoms with Crippen LogP contribution in [0.25, 0.3) is 11.0 Å². The summed E-state index contributed by atoms with van der Waals surface area (Å²) in [7, 11) is 3.48. The molecule has 1 fully saturated rings. The topological polar surface area (TPSA) is 89.3 Å². The van der Waals surface area contributed by atoms with Crippen LogP contribution in [0.4, 0.5) is 5.95 Å². The van der Waals surface area contributed by atoms with Gasteiger partial charge in [0, 0.05) is 57.7 Å². The second kappa shape index (κ2) is 8.25. The Labute approximate surface area is 175 Å². The van der Waals surface area contributed by atoms with Gasteiger partial charge in [0.1, 0.15) is 0 Å². The van der Waals surface area contributed by atoms with Gasteiger partial charge in [-0.05, 0) is 37.5 Å². The lowest BCUT2D eigenvalue weighted by Crippen LogP contribution is -2.49. The largest absolute Gasteiger partial charge is 0.479 e. The zero-order valence-electron chi connectivity index (χ0n) is 17.9. The van der Waals surface area contributed by atoms with E-state index in [1.165, 1.54) is 0 Å². The molecule has 4 rings (SSSR count). The highest BCUT2D eigenvalue weighted by atomic mass is 16.5. The summed E-state index contributed by atoms with van der Waals surface area (Å²) in [5.41, 5.74) is 3.92. The second-order valence-electron chi connectivity index (χ2n) is 7.55. The molecule has 4 heterocycles. The van der Waals surface area contributed by atoms with Crippen molar-refractivity contribution in [3.05, 3.63) is 35.3 Å². The van der Waals surface area contributed by atoms with Crippen LogP contribution in [-0.4, -0.2) is 68.8 Å². The number of carbonyl (C=O) groups is 1. The average Bonchev–Trinajstić information content (AvgIpc) is 3.09. The van der Waals surface area contributed by atoms with Crippen LogP contribution < -0.4 is 9.64 Å². The lowest BCUT2D eigenvalue weighted by atomic mass is 10.00. The smallest absolute Gasteiger partial charge is 0.242 e. The van der Waals surface area contributed by atoms with Gasteiger partial charge in [0.15, 0.2) is 5.65 Å². The highest BCUT2D eigenvalue weighted by Crippen LogP contribution is 2.30. The minimum absolute atomic E-state index is 0.167. The number of aryl methyl sites for hydroxylation is 3. The Hall–Kier alpha value is -3.23. The minimum Gasteiger partial charge on any atom is -0.479 e. The van der Waals surface area contributed by atoms with E-state index in [4.69, 9.17) is 9.72 Å². The van der Waals surface area contributed by atoms with Gasteiger partial charge in [-0.15, -0.1) is 5.10 Å². The number of hydrogen-bond acceptors (Lipinski definition) is 7. The van der Waals surface area contributed by atoms with Crippen LogP contribution in [0.1, 0.15) is 23.2 Å². The molecule has 1 aliphatic heterocycles. The molecule has 1 amide bonds. The molecule has 0 spiro atoms. The van der Waals surface area contributed by atoms with E-state index in [9.17, 15) is 4.79 Å². The van der Waals surface area contributed by atoms with E-state index >= 15 is 0 Å². The van der Waals surface area contributed by atoms with Crippen LogP contribution in [0.2, 0.25) is 0 Å².